The van der Waals surface area contributed by atoms with Gasteiger partial charge in [0.2, 0.25) is 0 Å². The first-order valence-corrected chi connectivity index (χ1v) is 5.83. The summed E-state index contributed by atoms with van der Waals surface area (Å²) in [4.78, 5) is 4.12. The van der Waals surface area contributed by atoms with E-state index in [1.807, 2.05) is 0 Å². The van der Waals surface area contributed by atoms with Gasteiger partial charge in [-0.25, -0.2) is 9.37 Å². The molecule has 2 nitrogen and oxygen atoms in total. The van der Waals surface area contributed by atoms with Gasteiger partial charge in [-0.2, -0.15) is 0 Å². The highest BCUT2D eigenvalue weighted by Gasteiger charge is 2.00. The summed E-state index contributed by atoms with van der Waals surface area (Å²) in [7, 11) is 0. The van der Waals surface area contributed by atoms with Crippen LogP contribution in [0.25, 0.3) is 0 Å². The lowest BCUT2D eigenvalue weighted by Gasteiger charge is -2.02. The highest BCUT2D eigenvalue weighted by Crippen LogP contribution is 2.20. The smallest absolute Gasteiger partial charge is 0.140 e. The molecule has 0 N–H and O–H groups in total. The van der Waals surface area contributed by atoms with E-state index in [0.717, 1.165) is 8.79 Å². The van der Waals surface area contributed by atoms with E-state index in [-0.39, 0.29) is 5.82 Å². The van der Waals surface area contributed by atoms with Gasteiger partial charge >= 0.3 is 0 Å². The van der Waals surface area contributed by atoms with Gasteiger partial charge in [-0.15, -0.1) is 11.3 Å². The average molecular weight is 288 g/mol. The molecule has 0 saturated heterocycles. The topological polar surface area (TPSA) is 22.1 Å². The van der Waals surface area contributed by atoms with Gasteiger partial charge in [0.15, 0.2) is 0 Å². The molecule has 5 heteroatoms. The number of halogens is 2. The van der Waals surface area contributed by atoms with Crippen molar-refractivity contribution in [2.45, 2.75) is 6.61 Å². The second-order valence-corrected chi connectivity index (χ2v) is 5.30. The molecule has 0 aliphatic carbocycles. The Morgan fingerprint density at radius 2 is 2.07 bits per heavy atom. The summed E-state index contributed by atoms with van der Waals surface area (Å²) in [5, 5.41) is 0.881. The van der Waals surface area contributed by atoms with Crippen molar-refractivity contribution in [3.8, 4) is 5.75 Å². The molecule has 0 radical (unpaired) electrons. The van der Waals surface area contributed by atoms with E-state index in [4.69, 9.17) is 4.74 Å². The molecule has 0 saturated carbocycles. The summed E-state index contributed by atoms with van der Waals surface area (Å²) in [5.74, 6) is 0.377. The summed E-state index contributed by atoms with van der Waals surface area (Å²) in [5.41, 5.74) is 0. The van der Waals surface area contributed by atoms with E-state index in [1.54, 1.807) is 18.3 Å². The Hall–Kier alpha value is -0.940. The minimum Gasteiger partial charge on any atom is -0.486 e. The number of benzene rings is 1. The van der Waals surface area contributed by atoms with Crippen LogP contribution in [0.2, 0.25) is 0 Å². The lowest BCUT2D eigenvalue weighted by atomic mass is 10.3. The summed E-state index contributed by atoms with van der Waals surface area (Å²) in [6.45, 7) is 0.405. The van der Waals surface area contributed by atoms with Crippen molar-refractivity contribution in [2.75, 3.05) is 0 Å². The Kier molecular flexibility index (Phi) is 3.33. The number of thiazole rings is 1. The maximum atomic E-state index is 12.6. The number of rotatable bonds is 3. The molecule has 78 valence electrons. The van der Waals surface area contributed by atoms with Crippen molar-refractivity contribution in [3.63, 3.8) is 0 Å². The third kappa shape index (κ3) is 3.00. The monoisotopic (exact) mass is 287 g/mol. The highest BCUT2D eigenvalue weighted by molar-refractivity contribution is 9.11. The van der Waals surface area contributed by atoms with Crippen LogP contribution in [-0.2, 0) is 6.61 Å². The molecule has 2 rings (SSSR count). The zero-order valence-electron chi connectivity index (χ0n) is 7.61. The molecule has 1 aromatic heterocycles. The van der Waals surface area contributed by atoms with Crippen molar-refractivity contribution in [2.24, 2.45) is 0 Å². The zero-order chi connectivity index (χ0) is 10.7. The van der Waals surface area contributed by atoms with Crippen molar-refractivity contribution < 1.29 is 9.13 Å². The predicted octanol–water partition coefficient (Wildman–Crippen LogP) is 3.62. The molecule has 0 bridgehead atoms. The van der Waals surface area contributed by atoms with Gasteiger partial charge in [-0.05, 0) is 40.2 Å². The lowest BCUT2D eigenvalue weighted by molar-refractivity contribution is 0.305. The Labute approximate surface area is 98.9 Å². The zero-order valence-corrected chi connectivity index (χ0v) is 10.0. The first-order valence-electron chi connectivity index (χ1n) is 4.22. The minimum absolute atomic E-state index is 0.264. The summed E-state index contributed by atoms with van der Waals surface area (Å²) < 4.78 is 19.0. The average Bonchev–Trinajstić information content (AvgIpc) is 2.64. The number of hydrogen-bond acceptors (Lipinski definition) is 3. The summed E-state index contributed by atoms with van der Waals surface area (Å²) in [6.07, 6.45) is 1.73. The standard InChI is InChI=1S/C10H7BrFNOS/c11-9-5-13-10(15-9)6-14-8-3-1-7(12)2-4-8/h1-5H,6H2. The molecular formula is C10H7BrFNOS. The Bertz CT molecular complexity index is 443. The second-order valence-electron chi connectivity index (χ2n) is 2.80. The van der Waals surface area contributed by atoms with Crippen molar-refractivity contribution in [1.29, 1.82) is 0 Å². The lowest BCUT2D eigenvalue weighted by Crippen LogP contribution is -1.94. The van der Waals surface area contributed by atoms with Crippen molar-refractivity contribution in [1.82, 2.24) is 4.98 Å². The van der Waals surface area contributed by atoms with Crippen molar-refractivity contribution >= 4 is 27.3 Å². The van der Waals surface area contributed by atoms with Crippen LogP contribution in [-0.4, -0.2) is 4.98 Å². The van der Waals surface area contributed by atoms with Gasteiger partial charge in [0.1, 0.15) is 23.2 Å². The Morgan fingerprint density at radius 1 is 1.33 bits per heavy atom. The van der Waals surface area contributed by atoms with Gasteiger partial charge < -0.3 is 4.74 Å². The first-order chi connectivity index (χ1) is 7.24. The molecule has 0 aliphatic rings. The van der Waals surface area contributed by atoms with Gasteiger partial charge in [0, 0.05) is 0 Å². The van der Waals surface area contributed by atoms with E-state index in [1.165, 1.54) is 23.5 Å². The minimum atomic E-state index is -0.264. The summed E-state index contributed by atoms with van der Waals surface area (Å²) >= 11 is 4.84. The van der Waals surface area contributed by atoms with Crippen LogP contribution < -0.4 is 4.74 Å². The highest BCUT2D eigenvalue weighted by atomic mass is 79.9. The van der Waals surface area contributed by atoms with E-state index >= 15 is 0 Å². The largest absolute Gasteiger partial charge is 0.486 e. The van der Waals surface area contributed by atoms with E-state index in [0.29, 0.717) is 12.4 Å². The number of hydrogen-bond donors (Lipinski definition) is 0. The fourth-order valence-electron chi connectivity index (χ4n) is 1.03. The second kappa shape index (κ2) is 4.72. The third-order valence-corrected chi connectivity index (χ3v) is 3.15. The quantitative estimate of drug-likeness (QED) is 0.860. The molecule has 0 fully saturated rings. The van der Waals surface area contributed by atoms with Gasteiger partial charge in [-0.3, -0.25) is 0 Å². The molecule has 1 heterocycles. The Morgan fingerprint density at radius 3 is 2.67 bits per heavy atom. The Balaban J connectivity index is 1.96. The molecular weight excluding hydrogens is 281 g/mol. The molecule has 0 amide bonds. The van der Waals surface area contributed by atoms with E-state index in [9.17, 15) is 4.39 Å². The predicted molar refractivity (Wildman–Crippen MR) is 60.5 cm³/mol. The van der Waals surface area contributed by atoms with Crippen LogP contribution in [0.4, 0.5) is 4.39 Å². The maximum absolute atomic E-state index is 12.6. The summed E-state index contributed by atoms with van der Waals surface area (Å²) in [6, 6.07) is 5.93. The molecule has 0 aliphatic heterocycles. The van der Waals surface area contributed by atoms with Gasteiger partial charge in [0.05, 0.1) is 9.98 Å². The van der Waals surface area contributed by atoms with Crippen LogP contribution in [0, 0.1) is 5.82 Å². The van der Waals surface area contributed by atoms with Crippen LogP contribution >= 0.6 is 27.3 Å². The number of aromatic nitrogens is 1. The molecule has 15 heavy (non-hydrogen) atoms. The van der Waals surface area contributed by atoms with Gasteiger partial charge in [-0.1, -0.05) is 0 Å². The van der Waals surface area contributed by atoms with Crippen molar-refractivity contribution in [3.05, 3.63) is 45.1 Å². The molecule has 1 aromatic carbocycles. The normalized spacial score (nSPS) is 10.3. The number of ether oxygens (including phenoxy) is 1. The maximum Gasteiger partial charge on any atom is 0.140 e. The molecule has 0 unspecified atom stereocenters. The van der Waals surface area contributed by atoms with Crippen LogP contribution in [0.3, 0.4) is 0 Å². The molecule has 2 aromatic rings. The molecule has 0 spiro atoms. The van der Waals surface area contributed by atoms with E-state index < -0.39 is 0 Å². The van der Waals surface area contributed by atoms with Gasteiger partial charge in [0.25, 0.3) is 0 Å². The van der Waals surface area contributed by atoms with Crippen LogP contribution in [0.15, 0.2) is 34.2 Å². The SMILES string of the molecule is Fc1ccc(OCc2ncc(Br)s2)cc1. The fourth-order valence-corrected chi connectivity index (χ4v) is 2.25. The van der Waals surface area contributed by atoms with E-state index in [2.05, 4.69) is 20.9 Å². The number of nitrogens with zero attached hydrogens (tertiary/aromatic N) is 1. The van der Waals surface area contributed by atoms with Crippen LogP contribution in [0.1, 0.15) is 5.01 Å². The van der Waals surface area contributed by atoms with Crippen LogP contribution in [0.5, 0.6) is 5.75 Å². The first kappa shape index (κ1) is 10.6. The third-order valence-electron chi connectivity index (χ3n) is 1.70. The fraction of sp³-hybridized carbons (Fsp3) is 0.100. The molecule has 0 atom stereocenters.